The minimum atomic E-state index is -0.553. The maximum atomic E-state index is 13.1. The molecule has 3 nitrogen and oxygen atoms in total. The second kappa shape index (κ2) is 8.04. The van der Waals surface area contributed by atoms with E-state index in [9.17, 15) is 4.39 Å². The number of rotatable bonds is 5. The van der Waals surface area contributed by atoms with Gasteiger partial charge >= 0.3 is 0 Å². The fraction of sp³-hybridized carbons (Fsp3) is 0.300. The first-order chi connectivity index (χ1) is 12.0. The Morgan fingerprint density at radius 2 is 1.68 bits per heavy atom. The average Bonchev–Trinajstić information content (AvgIpc) is 2.61. The van der Waals surface area contributed by atoms with Crippen molar-refractivity contribution < 1.29 is 13.9 Å². The summed E-state index contributed by atoms with van der Waals surface area (Å²) in [6.07, 6.45) is 0. The lowest BCUT2D eigenvalue weighted by molar-refractivity contribution is -0.225. The highest BCUT2D eigenvalue weighted by atomic mass is 32.2. The molecule has 1 heterocycles. The minimum Gasteiger partial charge on any atom is -0.350 e. The summed E-state index contributed by atoms with van der Waals surface area (Å²) in [5.74, 6) is -0.0308. The van der Waals surface area contributed by atoms with Crippen LogP contribution in [0.15, 0.2) is 65.2 Å². The van der Waals surface area contributed by atoms with Crippen LogP contribution in [-0.4, -0.2) is 19.0 Å². The van der Waals surface area contributed by atoms with Crippen molar-refractivity contribution in [3.05, 3.63) is 76.6 Å². The molecule has 0 radical (unpaired) electrons. The van der Waals surface area contributed by atoms with Crippen LogP contribution in [0.3, 0.4) is 0 Å². The molecular weight excluding hydrogens is 337 g/mol. The first-order valence-corrected chi connectivity index (χ1v) is 9.20. The molecule has 2 aromatic carbocycles. The Hall–Kier alpha value is -1.82. The zero-order chi connectivity index (χ0) is 17.7. The highest BCUT2D eigenvalue weighted by molar-refractivity contribution is 8.02. The van der Waals surface area contributed by atoms with E-state index < -0.39 is 5.79 Å². The van der Waals surface area contributed by atoms with E-state index in [1.807, 2.05) is 56.3 Å². The van der Waals surface area contributed by atoms with E-state index in [1.165, 1.54) is 12.1 Å². The van der Waals surface area contributed by atoms with Crippen molar-refractivity contribution in [2.75, 3.05) is 18.5 Å². The van der Waals surface area contributed by atoms with Crippen LogP contribution in [0, 0.1) is 5.82 Å². The first kappa shape index (κ1) is 18.0. The van der Waals surface area contributed by atoms with E-state index in [-0.39, 0.29) is 5.82 Å². The van der Waals surface area contributed by atoms with Crippen molar-refractivity contribution in [1.29, 1.82) is 0 Å². The van der Waals surface area contributed by atoms with Crippen LogP contribution in [-0.2, 0) is 15.2 Å². The van der Waals surface area contributed by atoms with Crippen molar-refractivity contribution in [2.45, 2.75) is 25.4 Å². The molecule has 132 valence electrons. The Balaban J connectivity index is 1.75. The van der Waals surface area contributed by atoms with Gasteiger partial charge in [0.1, 0.15) is 5.82 Å². The maximum Gasteiger partial charge on any atom is 0.163 e. The van der Waals surface area contributed by atoms with Gasteiger partial charge in [-0.3, -0.25) is 0 Å². The van der Waals surface area contributed by atoms with Crippen molar-refractivity contribution in [3.8, 4) is 0 Å². The number of hydrogen-bond donors (Lipinski definition) is 1. The highest BCUT2D eigenvalue weighted by Crippen LogP contribution is 2.30. The molecular formula is C20H22FNO2S. The van der Waals surface area contributed by atoms with Crippen molar-refractivity contribution in [2.24, 2.45) is 0 Å². The highest BCUT2D eigenvalue weighted by Gasteiger charge is 2.26. The van der Waals surface area contributed by atoms with Crippen LogP contribution in [0.25, 0.3) is 0 Å². The summed E-state index contributed by atoms with van der Waals surface area (Å²) in [7, 11) is 0. The van der Waals surface area contributed by atoms with Gasteiger partial charge in [-0.15, -0.1) is 11.8 Å². The third kappa shape index (κ3) is 5.33. The molecule has 0 bridgehead atoms. The smallest absolute Gasteiger partial charge is 0.163 e. The van der Waals surface area contributed by atoms with Crippen LogP contribution in [0.2, 0.25) is 0 Å². The summed E-state index contributed by atoms with van der Waals surface area (Å²) >= 11 is 1.67. The molecule has 1 fully saturated rings. The zero-order valence-corrected chi connectivity index (χ0v) is 15.2. The monoisotopic (exact) mass is 359 g/mol. The summed E-state index contributed by atoms with van der Waals surface area (Å²) in [6, 6.07) is 16.6. The lowest BCUT2D eigenvalue weighted by Gasteiger charge is -2.33. The van der Waals surface area contributed by atoms with Crippen LogP contribution in [0.1, 0.15) is 19.4 Å². The van der Waals surface area contributed by atoms with Crippen molar-refractivity contribution in [1.82, 2.24) is 0 Å². The number of halogens is 1. The molecule has 1 aliphatic rings. The molecule has 25 heavy (non-hydrogen) atoms. The van der Waals surface area contributed by atoms with Gasteiger partial charge in [-0.2, -0.15) is 0 Å². The molecule has 1 saturated heterocycles. The molecule has 0 amide bonds. The van der Waals surface area contributed by atoms with Gasteiger partial charge in [-0.25, -0.2) is 4.39 Å². The molecule has 0 aromatic heterocycles. The van der Waals surface area contributed by atoms with Crippen LogP contribution < -0.4 is 5.32 Å². The fourth-order valence-corrected chi connectivity index (χ4v) is 3.37. The normalized spacial score (nSPS) is 16.5. The lowest BCUT2D eigenvalue weighted by Crippen LogP contribution is -2.36. The number of thioether (sulfide) groups is 1. The van der Waals surface area contributed by atoms with Crippen LogP contribution in [0.5, 0.6) is 0 Å². The summed E-state index contributed by atoms with van der Waals surface area (Å²) in [6.45, 7) is 4.89. The molecule has 5 heteroatoms. The van der Waals surface area contributed by atoms with Gasteiger partial charge in [-0.05, 0) is 43.7 Å². The summed E-state index contributed by atoms with van der Waals surface area (Å²) < 4.78 is 24.6. The molecule has 2 aromatic rings. The molecule has 0 saturated carbocycles. The third-order valence-electron chi connectivity index (χ3n) is 3.84. The number of para-hydroxylation sites is 1. The third-order valence-corrected chi connectivity index (χ3v) is 4.99. The number of nitrogens with one attached hydrogen (secondary N) is 1. The van der Waals surface area contributed by atoms with Gasteiger partial charge in [0.15, 0.2) is 5.79 Å². The predicted molar refractivity (Wildman–Crippen MR) is 101 cm³/mol. The molecule has 0 unspecified atom stereocenters. The van der Waals surface area contributed by atoms with Gasteiger partial charge in [0.2, 0.25) is 0 Å². The zero-order valence-electron chi connectivity index (χ0n) is 14.4. The molecule has 0 spiro atoms. The number of hydrogen-bond acceptors (Lipinski definition) is 4. The molecule has 3 rings (SSSR count). The SMILES string of the molecule is CC1(C)OCC(=C(Nc2ccccc2)SCc2ccc(F)cc2)CO1. The van der Waals surface area contributed by atoms with Crippen molar-refractivity contribution in [3.63, 3.8) is 0 Å². The summed E-state index contributed by atoms with van der Waals surface area (Å²) in [5, 5.41) is 4.49. The number of ether oxygens (including phenoxy) is 2. The van der Waals surface area contributed by atoms with E-state index in [0.717, 1.165) is 27.6 Å². The molecule has 0 aliphatic carbocycles. The fourth-order valence-electron chi connectivity index (χ4n) is 2.35. The molecule has 1 aliphatic heterocycles. The predicted octanol–water partition coefficient (Wildman–Crippen LogP) is 5.17. The van der Waals surface area contributed by atoms with Gasteiger partial charge < -0.3 is 14.8 Å². The molecule has 0 atom stereocenters. The number of anilines is 1. The Morgan fingerprint density at radius 3 is 2.32 bits per heavy atom. The van der Waals surface area contributed by atoms with E-state index in [1.54, 1.807) is 11.8 Å². The van der Waals surface area contributed by atoms with E-state index in [0.29, 0.717) is 13.2 Å². The van der Waals surface area contributed by atoms with Gasteiger partial charge in [-0.1, -0.05) is 30.3 Å². The summed E-state index contributed by atoms with van der Waals surface area (Å²) in [5.41, 5.74) is 3.16. The van der Waals surface area contributed by atoms with Gasteiger partial charge in [0, 0.05) is 17.0 Å². The minimum absolute atomic E-state index is 0.217. The van der Waals surface area contributed by atoms with Crippen LogP contribution >= 0.6 is 11.8 Å². The Morgan fingerprint density at radius 1 is 1.04 bits per heavy atom. The topological polar surface area (TPSA) is 30.5 Å². The van der Waals surface area contributed by atoms with Gasteiger partial charge in [0.25, 0.3) is 0 Å². The van der Waals surface area contributed by atoms with E-state index >= 15 is 0 Å². The quantitative estimate of drug-likeness (QED) is 0.798. The van der Waals surface area contributed by atoms with Crippen molar-refractivity contribution >= 4 is 17.4 Å². The Kier molecular flexibility index (Phi) is 5.78. The standard InChI is InChI=1S/C20H22FNO2S/c1-20(2)23-12-16(13-24-20)19(22-18-6-4-3-5-7-18)25-14-15-8-10-17(21)11-9-15/h3-11,22H,12-14H2,1-2H3. The summed E-state index contributed by atoms with van der Waals surface area (Å²) in [4.78, 5) is 0. The number of benzene rings is 2. The van der Waals surface area contributed by atoms with Gasteiger partial charge in [0.05, 0.1) is 18.2 Å². The Labute approximate surface area is 152 Å². The van der Waals surface area contributed by atoms with E-state index in [4.69, 9.17) is 9.47 Å². The first-order valence-electron chi connectivity index (χ1n) is 8.21. The molecule has 1 N–H and O–H groups in total. The Bertz CT molecular complexity index is 717. The largest absolute Gasteiger partial charge is 0.350 e. The second-order valence-corrected chi connectivity index (χ2v) is 7.30. The maximum absolute atomic E-state index is 13.1. The second-order valence-electron chi connectivity index (χ2n) is 6.32. The van der Waals surface area contributed by atoms with Crippen LogP contribution in [0.4, 0.5) is 10.1 Å². The lowest BCUT2D eigenvalue weighted by atomic mass is 10.2. The van der Waals surface area contributed by atoms with E-state index in [2.05, 4.69) is 5.32 Å². The average molecular weight is 359 g/mol.